The average molecular weight is 489 g/mol. The molecule has 8 heteroatoms. The summed E-state index contributed by atoms with van der Waals surface area (Å²) in [4.78, 5) is 11.9. The van der Waals surface area contributed by atoms with Crippen molar-refractivity contribution in [1.29, 1.82) is 0 Å². The van der Waals surface area contributed by atoms with Crippen LogP contribution < -0.4 is 0 Å². The van der Waals surface area contributed by atoms with E-state index in [0.29, 0.717) is 6.42 Å². The Morgan fingerprint density at radius 2 is 1.67 bits per heavy atom. The topological polar surface area (TPSA) is 72.5 Å². The minimum absolute atomic E-state index is 0.00990. The Hall–Kier alpha value is -0.353. The molecule has 1 heterocycles. The molecule has 0 N–H and O–H groups in total. The van der Waals surface area contributed by atoms with E-state index in [9.17, 15) is 4.79 Å². The predicted molar refractivity (Wildman–Crippen MR) is 131 cm³/mol. The van der Waals surface area contributed by atoms with Crippen molar-refractivity contribution in [2.24, 2.45) is 5.41 Å². The molecule has 1 aliphatic heterocycles. The summed E-state index contributed by atoms with van der Waals surface area (Å²) in [6.45, 7) is 23.5. The SMILES string of the molecule is COCOC[C@@]12OC(C)(C)O[C@@H]1C(C)(CC=O)[C@@H](OC(C)(C)C)C[C@@H]2O[Si](C)(C)C(C)(C)C. The molecule has 33 heavy (non-hydrogen) atoms. The summed E-state index contributed by atoms with van der Waals surface area (Å²) in [7, 11) is -0.597. The highest BCUT2D eigenvalue weighted by Gasteiger charge is 2.70. The number of ether oxygens (including phenoxy) is 5. The van der Waals surface area contributed by atoms with Gasteiger partial charge in [0, 0.05) is 25.4 Å². The molecule has 1 unspecified atom stereocenters. The number of hydrogen-bond acceptors (Lipinski definition) is 7. The quantitative estimate of drug-likeness (QED) is 0.194. The van der Waals surface area contributed by atoms with Crippen LogP contribution in [0.4, 0.5) is 0 Å². The molecule has 0 radical (unpaired) electrons. The van der Waals surface area contributed by atoms with Gasteiger partial charge in [-0.1, -0.05) is 27.7 Å². The molecular formula is C25H48O7Si. The van der Waals surface area contributed by atoms with Gasteiger partial charge in [0.25, 0.3) is 0 Å². The van der Waals surface area contributed by atoms with E-state index in [1.165, 1.54) is 0 Å². The van der Waals surface area contributed by atoms with Gasteiger partial charge in [0.1, 0.15) is 24.8 Å². The van der Waals surface area contributed by atoms with Crippen molar-refractivity contribution in [3.63, 3.8) is 0 Å². The summed E-state index contributed by atoms with van der Waals surface area (Å²) in [6.07, 6.45) is 0.795. The van der Waals surface area contributed by atoms with Crippen LogP contribution in [0.1, 0.15) is 75.2 Å². The van der Waals surface area contributed by atoms with Crippen molar-refractivity contribution in [3.8, 4) is 0 Å². The fourth-order valence-electron chi connectivity index (χ4n) is 4.87. The Morgan fingerprint density at radius 1 is 1.06 bits per heavy atom. The molecule has 1 aliphatic carbocycles. The van der Waals surface area contributed by atoms with Gasteiger partial charge in [-0.15, -0.1) is 0 Å². The highest BCUT2D eigenvalue weighted by Crippen LogP contribution is 2.57. The van der Waals surface area contributed by atoms with Crippen LogP contribution in [0.5, 0.6) is 0 Å². The zero-order valence-electron chi connectivity index (χ0n) is 23.0. The van der Waals surface area contributed by atoms with Crippen LogP contribution in [0.2, 0.25) is 18.1 Å². The lowest BCUT2D eigenvalue weighted by Crippen LogP contribution is -2.70. The fourth-order valence-corrected chi connectivity index (χ4v) is 6.23. The maximum Gasteiger partial charge on any atom is 0.192 e. The second kappa shape index (κ2) is 9.60. The maximum absolute atomic E-state index is 11.9. The van der Waals surface area contributed by atoms with Crippen molar-refractivity contribution >= 4 is 14.6 Å². The smallest absolute Gasteiger partial charge is 0.192 e. The Morgan fingerprint density at radius 3 is 2.15 bits per heavy atom. The number of methoxy groups -OCH3 is 1. The molecule has 194 valence electrons. The van der Waals surface area contributed by atoms with E-state index < -0.39 is 36.8 Å². The standard InChI is InChI=1S/C25H48O7Si/c1-21(2,3)29-18-15-19(31-33(11,12)22(4,5)6)25(16-28-17-27-10)20(24(18,9)13-14-26)30-23(7,8)32-25/h14,18-20H,13,15-17H2,1-12H3/t18-,19-,20+,24?,25-/m0/s1. The second-order valence-corrected chi connectivity index (χ2v) is 17.7. The van der Waals surface area contributed by atoms with Crippen LogP contribution >= 0.6 is 0 Å². The minimum Gasteiger partial charge on any atom is -0.411 e. The van der Waals surface area contributed by atoms with Crippen molar-refractivity contribution in [3.05, 3.63) is 0 Å². The number of carbonyl (C=O) groups is 1. The first-order valence-electron chi connectivity index (χ1n) is 12.1. The van der Waals surface area contributed by atoms with Crippen LogP contribution in [0.3, 0.4) is 0 Å². The lowest BCUT2D eigenvalue weighted by molar-refractivity contribution is -0.243. The zero-order valence-corrected chi connectivity index (χ0v) is 24.0. The van der Waals surface area contributed by atoms with Gasteiger partial charge in [0.05, 0.1) is 24.4 Å². The van der Waals surface area contributed by atoms with E-state index in [0.717, 1.165) is 6.29 Å². The third-order valence-corrected chi connectivity index (χ3v) is 11.9. The predicted octanol–water partition coefficient (Wildman–Crippen LogP) is 5.07. The summed E-state index contributed by atoms with van der Waals surface area (Å²) in [5, 5.41) is 0.00990. The summed E-state index contributed by atoms with van der Waals surface area (Å²) in [5.74, 6) is -0.864. The van der Waals surface area contributed by atoms with Crippen molar-refractivity contribution < 1.29 is 32.9 Å². The largest absolute Gasteiger partial charge is 0.411 e. The summed E-state index contributed by atoms with van der Waals surface area (Å²) >= 11 is 0. The first-order chi connectivity index (χ1) is 14.8. The Labute approximate surface area is 202 Å². The molecule has 5 atom stereocenters. The Balaban J connectivity index is 2.64. The zero-order chi connectivity index (χ0) is 25.5. The van der Waals surface area contributed by atoms with E-state index in [2.05, 4.69) is 40.8 Å². The number of carbonyl (C=O) groups excluding carboxylic acids is 1. The lowest BCUT2D eigenvalue weighted by atomic mass is 9.61. The molecule has 2 fully saturated rings. The number of rotatable bonds is 9. The van der Waals surface area contributed by atoms with Gasteiger partial charge in [0.2, 0.25) is 0 Å². The number of aldehydes is 1. The van der Waals surface area contributed by atoms with Gasteiger partial charge in [0.15, 0.2) is 14.1 Å². The number of fused-ring (bicyclic) bond motifs is 1. The molecule has 0 bridgehead atoms. The third kappa shape index (κ3) is 6.08. The second-order valence-electron chi connectivity index (χ2n) is 12.9. The van der Waals surface area contributed by atoms with E-state index in [1.54, 1.807) is 7.11 Å². The molecular weight excluding hydrogens is 440 g/mol. The molecule has 0 aromatic heterocycles. The molecule has 2 aliphatic rings. The molecule has 0 amide bonds. The lowest BCUT2D eigenvalue weighted by Gasteiger charge is -2.57. The molecule has 0 spiro atoms. The van der Waals surface area contributed by atoms with Crippen LogP contribution in [0, 0.1) is 5.41 Å². The molecule has 7 nitrogen and oxygen atoms in total. The summed E-state index contributed by atoms with van der Waals surface area (Å²) < 4.78 is 38.0. The van der Waals surface area contributed by atoms with E-state index in [4.69, 9.17) is 28.1 Å². The van der Waals surface area contributed by atoms with Crippen LogP contribution in [0.15, 0.2) is 0 Å². The third-order valence-electron chi connectivity index (χ3n) is 7.38. The van der Waals surface area contributed by atoms with Gasteiger partial charge in [-0.25, -0.2) is 0 Å². The molecule has 0 aromatic carbocycles. The Bertz CT molecular complexity index is 681. The van der Waals surface area contributed by atoms with Crippen molar-refractivity contribution in [2.45, 2.75) is 129 Å². The highest BCUT2D eigenvalue weighted by atomic mass is 28.4. The average Bonchev–Trinajstić information content (AvgIpc) is 2.90. The van der Waals surface area contributed by atoms with Gasteiger partial charge in [-0.3, -0.25) is 0 Å². The van der Waals surface area contributed by atoms with Crippen LogP contribution in [-0.4, -0.2) is 70.4 Å². The molecule has 0 aromatic rings. The fraction of sp³-hybridized carbons (Fsp3) is 0.960. The first-order valence-corrected chi connectivity index (χ1v) is 15.0. The monoisotopic (exact) mass is 488 g/mol. The molecule has 1 saturated carbocycles. The first kappa shape index (κ1) is 28.9. The van der Waals surface area contributed by atoms with Gasteiger partial charge in [-0.05, 0) is 52.8 Å². The van der Waals surface area contributed by atoms with E-state index >= 15 is 0 Å². The van der Waals surface area contributed by atoms with E-state index in [-0.39, 0.29) is 37.1 Å². The van der Waals surface area contributed by atoms with Crippen LogP contribution in [0.25, 0.3) is 0 Å². The summed E-state index contributed by atoms with van der Waals surface area (Å²) in [6, 6.07) is 0. The minimum atomic E-state index is -2.19. The van der Waals surface area contributed by atoms with Crippen LogP contribution in [-0.2, 0) is 32.9 Å². The number of hydrogen-bond donors (Lipinski definition) is 0. The van der Waals surface area contributed by atoms with Crippen molar-refractivity contribution in [1.82, 2.24) is 0 Å². The highest BCUT2D eigenvalue weighted by molar-refractivity contribution is 6.74. The summed E-state index contributed by atoms with van der Waals surface area (Å²) in [5.41, 5.74) is -1.91. The Kier molecular flexibility index (Phi) is 8.40. The maximum atomic E-state index is 11.9. The van der Waals surface area contributed by atoms with Gasteiger partial charge in [-0.2, -0.15) is 0 Å². The van der Waals surface area contributed by atoms with Gasteiger partial charge < -0.3 is 32.9 Å². The van der Waals surface area contributed by atoms with Gasteiger partial charge >= 0.3 is 0 Å². The van der Waals surface area contributed by atoms with E-state index in [1.807, 2.05) is 34.6 Å². The molecule has 2 rings (SSSR count). The van der Waals surface area contributed by atoms with Crippen molar-refractivity contribution in [2.75, 3.05) is 20.5 Å². The molecule has 1 saturated heterocycles. The normalized spacial score (nSPS) is 34.8.